The lowest BCUT2D eigenvalue weighted by atomic mass is 9.44. The molecule has 3 aromatic carbocycles. The highest BCUT2D eigenvalue weighted by Gasteiger charge is 2.78. The van der Waals surface area contributed by atoms with Crippen molar-refractivity contribution in [3.8, 4) is 0 Å². The number of fused-ring (bicyclic) bond motifs is 5. The largest absolute Gasteiger partial charge is 0.456 e. The number of Topliss-reactive ketones (excluding diaryl/α,β-unsaturated/α-hetero) is 1. The number of rotatable bonds is 10. The Bertz CT molecular complexity index is 2440. The van der Waals surface area contributed by atoms with Gasteiger partial charge >= 0.3 is 23.9 Å². The van der Waals surface area contributed by atoms with Crippen molar-refractivity contribution < 1.29 is 80.9 Å². The highest BCUT2D eigenvalue weighted by molar-refractivity contribution is 5.96. The molecule has 1 amide bonds. The van der Waals surface area contributed by atoms with Crippen molar-refractivity contribution in [2.45, 2.75) is 108 Å². The summed E-state index contributed by atoms with van der Waals surface area (Å²) in [6, 6.07) is 15.2. The predicted octanol–water partition coefficient (Wildman–Crippen LogP) is 4.15. The Kier molecular flexibility index (Phi) is 12.4. The van der Waals surface area contributed by atoms with Gasteiger partial charge in [-0.15, -0.1) is 0 Å². The molecule has 0 aromatic heterocycles. The Labute approximate surface area is 370 Å². The number of benzene rings is 3. The van der Waals surface area contributed by atoms with Crippen LogP contribution in [0.15, 0.2) is 83.9 Å². The van der Waals surface area contributed by atoms with Crippen LogP contribution in [0.4, 0.5) is 13.2 Å². The highest BCUT2D eigenvalue weighted by Crippen LogP contribution is 2.64. The maximum atomic E-state index is 15.5. The number of hydrogen-bond acceptors (Lipinski definition) is 14. The normalized spacial score (nSPS) is 31.0. The van der Waals surface area contributed by atoms with Crippen LogP contribution in [0.2, 0.25) is 0 Å². The molecule has 0 spiro atoms. The van der Waals surface area contributed by atoms with Crippen LogP contribution < -0.4 is 5.32 Å². The van der Waals surface area contributed by atoms with Crippen molar-refractivity contribution in [2.75, 3.05) is 6.61 Å². The standard InChI is InChI=1S/C47H48F3NO14/c1-22-30(63-43(59)36(55)35(25-13-9-7-10-14-25)51-41(57)26-15-11-8-12-16-26)20-47(60)40(64-42(58)27-17-28(48)34(50)29(49)18-27)38-45(6,31(54)19-32-46(38,21-61-32)65-24(3)53)39(56)37(62-23(2)52)33(22)44(47,4)5/h7-18,30-32,35-38,40,54-55,60H,19-21H2,1-6H3,(H,51,57)/t30-,31-,32+,35-,36+,37+,38-,40-,45+,46-,47+/m0/s1. The molecule has 0 unspecified atom stereocenters. The van der Waals surface area contributed by atoms with Crippen LogP contribution in [0.3, 0.4) is 0 Å². The van der Waals surface area contributed by atoms with Crippen LogP contribution in [0.5, 0.6) is 0 Å². The number of aliphatic hydroxyl groups is 3. The molecular weight excluding hydrogens is 860 g/mol. The topological polar surface area (TPSA) is 221 Å². The summed E-state index contributed by atoms with van der Waals surface area (Å²) in [5.41, 5.74) is -9.35. The lowest BCUT2D eigenvalue weighted by Gasteiger charge is -2.67. The monoisotopic (exact) mass is 907 g/mol. The fourth-order valence-electron chi connectivity index (χ4n) is 10.3. The van der Waals surface area contributed by atoms with Crippen LogP contribution in [-0.2, 0) is 42.9 Å². The first-order valence-corrected chi connectivity index (χ1v) is 20.8. The molecule has 4 aliphatic rings. The van der Waals surface area contributed by atoms with Gasteiger partial charge in [-0.3, -0.25) is 19.2 Å². The Balaban J connectivity index is 1.40. The summed E-state index contributed by atoms with van der Waals surface area (Å²) < 4.78 is 73.0. The quantitative estimate of drug-likeness (QED) is 0.0972. The van der Waals surface area contributed by atoms with Crippen LogP contribution in [-0.4, -0.2) is 105 Å². The molecule has 2 bridgehead atoms. The van der Waals surface area contributed by atoms with Gasteiger partial charge in [0, 0.05) is 37.7 Å². The van der Waals surface area contributed by atoms with E-state index in [0.717, 1.165) is 13.8 Å². The van der Waals surface area contributed by atoms with Crippen LogP contribution in [0.1, 0.15) is 86.7 Å². The average molecular weight is 908 g/mol. The molecule has 3 aromatic rings. The van der Waals surface area contributed by atoms with Gasteiger partial charge in [-0.25, -0.2) is 22.8 Å². The number of ketones is 1. The molecule has 65 heavy (non-hydrogen) atoms. The first-order chi connectivity index (χ1) is 30.5. The fraction of sp³-hybridized carbons (Fsp3) is 0.447. The summed E-state index contributed by atoms with van der Waals surface area (Å²) in [6.45, 7) is 7.02. The molecule has 7 rings (SSSR count). The van der Waals surface area contributed by atoms with Crippen molar-refractivity contribution >= 4 is 35.6 Å². The summed E-state index contributed by atoms with van der Waals surface area (Å²) in [6.07, 6.45) is -12.0. The zero-order chi connectivity index (χ0) is 47.6. The molecular formula is C47H48F3NO14. The van der Waals surface area contributed by atoms with Gasteiger partial charge in [-0.05, 0) is 54.8 Å². The van der Waals surface area contributed by atoms with E-state index in [1.165, 1.54) is 39.8 Å². The summed E-state index contributed by atoms with van der Waals surface area (Å²) in [4.78, 5) is 83.4. The number of esters is 4. The van der Waals surface area contributed by atoms with Gasteiger partial charge in [0.2, 0.25) is 0 Å². The molecule has 11 atom stereocenters. The molecule has 1 saturated heterocycles. The first-order valence-electron chi connectivity index (χ1n) is 20.8. The van der Waals surface area contributed by atoms with Crippen molar-refractivity contribution in [1.82, 2.24) is 5.32 Å². The van der Waals surface area contributed by atoms with Gasteiger partial charge in [-0.1, -0.05) is 62.4 Å². The minimum absolute atomic E-state index is 0.0315. The highest BCUT2D eigenvalue weighted by atomic mass is 19.2. The second-order valence-electron chi connectivity index (χ2n) is 17.7. The van der Waals surface area contributed by atoms with Gasteiger partial charge in [0.25, 0.3) is 5.91 Å². The number of carbonyl (C=O) groups excluding carboxylic acids is 6. The van der Waals surface area contributed by atoms with E-state index in [1.54, 1.807) is 48.5 Å². The summed E-state index contributed by atoms with van der Waals surface area (Å²) in [7, 11) is 0. The van der Waals surface area contributed by atoms with Gasteiger partial charge in [-0.2, -0.15) is 0 Å². The molecule has 3 fully saturated rings. The van der Waals surface area contributed by atoms with Gasteiger partial charge in [0.05, 0.1) is 35.6 Å². The van der Waals surface area contributed by atoms with E-state index < -0.39 is 142 Å². The fourth-order valence-corrected chi connectivity index (χ4v) is 10.3. The predicted molar refractivity (Wildman–Crippen MR) is 218 cm³/mol. The van der Waals surface area contributed by atoms with Crippen molar-refractivity contribution in [3.63, 3.8) is 0 Å². The molecule has 18 heteroatoms. The Morgan fingerprint density at radius 1 is 0.862 bits per heavy atom. The molecule has 3 aliphatic carbocycles. The SMILES string of the molecule is CC(=O)O[C@H]1C(=O)[C@@]2(C)[C@H]([C@H](OC(=O)c3cc(F)c(F)c(F)c3)[C@]3(O)C[C@H](OC(=O)[C@H](O)[C@@H](NC(=O)c4ccccc4)c4ccccc4)C(C)=C1C3(C)C)[C@]1(OC(C)=O)CO[C@@H]1C[C@@H]2O. The van der Waals surface area contributed by atoms with E-state index in [4.69, 9.17) is 23.7 Å². The summed E-state index contributed by atoms with van der Waals surface area (Å²) in [5, 5.41) is 40.1. The zero-order valence-electron chi connectivity index (χ0n) is 36.1. The second-order valence-corrected chi connectivity index (χ2v) is 17.7. The van der Waals surface area contributed by atoms with E-state index in [0.29, 0.717) is 12.1 Å². The number of nitrogens with one attached hydrogen (secondary N) is 1. The molecule has 4 N–H and O–H groups in total. The molecule has 2 saturated carbocycles. The van der Waals surface area contributed by atoms with E-state index >= 15 is 4.79 Å². The molecule has 0 radical (unpaired) electrons. The second kappa shape index (κ2) is 17.1. The summed E-state index contributed by atoms with van der Waals surface area (Å²) in [5.74, 6) is -13.8. The molecule has 346 valence electrons. The third kappa shape index (κ3) is 7.79. The van der Waals surface area contributed by atoms with Crippen LogP contribution >= 0.6 is 0 Å². The molecule has 15 nitrogen and oxygen atoms in total. The van der Waals surface area contributed by atoms with E-state index in [-0.39, 0.29) is 28.7 Å². The number of ether oxygens (including phenoxy) is 5. The van der Waals surface area contributed by atoms with Crippen molar-refractivity contribution in [2.24, 2.45) is 16.7 Å². The van der Waals surface area contributed by atoms with Gasteiger partial charge < -0.3 is 44.3 Å². The number of halogens is 3. The number of amides is 1. The zero-order valence-corrected chi connectivity index (χ0v) is 36.1. The average Bonchev–Trinajstić information content (AvgIpc) is 3.25. The number of carbonyl (C=O) groups is 6. The Hall–Kier alpha value is -5.95. The smallest absolute Gasteiger partial charge is 0.338 e. The third-order valence-corrected chi connectivity index (χ3v) is 13.7. The third-order valence-electron chi connectivity index (χ3n) is 13.7. The van der Waals surface area contributed by atoms with E-state index in [1.807, 2.05) is 0 Å². The van der Waals surface area contributed by atoms with Gasteiger partial charge in [0.15, 0.2) is 41.0 Å². The first kappa shape index (κ1) is 47.0. The van der Waals surface area contributed by atoms with Crippen molar-refractivity contribution in [1.29, 1.82) is 0 Å². The Morgan fingerprint density at radius 2 is 1.46 bits per heavy atom. The summed E-state index contributed by atoms with van der Waals surface area (Å²) >= 11 is 0. The Morgan fingerprint density at radius 3 is 2.02 bits per heavy atom. The van der Waals surface area contributed by atoms with E-state index in [2.05, 4.69) is 5.32 Å². The minimum atomic E-state index is -2.67. The maximum absolute atomic E-state index is 15.5. The maximum Gasteiger partial charge on any atom is 0.338 e. The van der Waals surface area contributed by atoms with E-state index in [9.17, 15) is 52.5 Å². The molecule has 1 heterocycles. The van der Waals surface area contributed by atoms with Crippen LogP contribution in [0, 0.1) is 34.2 Å². The molecule has 1 aliphatic heterocycles. The lowest BCUT2D eigenvalue weighted by Crippen LogP contribution is -2.82. The van der Waals surface area contributed by atoms with Gasteiger partial charge in [0.1, 0.15) is 23.9 Å². The number of aliphatic hydroxyl groups excluding tert-OH is 2. The van der Waals surface area contributed by atoms with Crippen molar-refractivity contribution in [3.05, 3.63) is 118 Å². The van der Waals surface area contributed by atoms with Crippen LogP contribution in [0.25, 0.3) is 0 Å². The lowest BCUT2D eigenvalue weighted by molar-refractivity contribution is -0.346. The minimum Gasteiger partial charge on any atom is -0.456 e. The number of hydrogen-bond donors (Lipinski definition) is 4.